The molecule has 156 valence electrons. The monoisotopic (exact) mass is 444 g/mol. The Labute approximate surface area is 165 Å². The number of hydrogen-bond donors (Lipinski definition) is 4. The summed E-state index contributed by atoms with van der Waals surface area (Å²) in [6.45, 7) is 0.608. The largest absolute Gasteiger partial charge is 0.505 e. The lowest BCUT2D eigenvalue weighted by molar-refractivity contribution is 0.111. The van der Waals surface area contributed by atoms with Crippen LogP contribution in [0.4, 0.5) is 11.5 Å². The normalized spacial score (nSPS) is 12.4. The van der Waals surface area contributed by atoms with Crippen LogP contribution in [0.25, 0.3) is 0 Å². The number of aromatic hydroxyl groups is 1. The van der Waals surface area contributed by atoms with Crippen LogP contribution >= 0.6 is 7.82 Å². The fourth-order valence-corrected chi connectivity index (χ4v) is 3.24. The highest BCUT2D eigenvalue weighted by molar-refractivity contribution is 7.89. The first-order valence-corrected chi connectivity index (χ1v) is 10.8. The van der Waals surface area contributed by atoms with E-state index in [0.29, 0.717) is 0 Å². The Morgan fingerprint density at radius 1 is 1.31 bits per heavy atom. The van der Waals surface area contributed by atoms with E-state index in [1.165, 1.54) is 38.2 Å². The molecule has 0 bridgehead atoms. The van der Waals surface area contributed by atoms with Crippen molar-refractivity contribution in [3.05, 3.63) is 41.1 Å². The smallest absolute Gasteiger partial charge is 0.469 e. The van der Waals surface area contributed by atoms with Gasteiger partial charge in [-0.2, -0.15) is 0 Å². The molecule has 2 rings (SSSR count). The summed E-state index contributed by atoms with van der Waals surface area (Å²) in [6.07, 6.45) is 0.265. The summed E-state index contributed by atoms with van der Waals surface area (Å²) in [6, 6.07) is 5.47. The number of aromatic nitrogens is 1. The number of phosphoric acid groups is 1. The highest BCUT2D eigenvalue weighted by Gasteiger charge is 2.22. The maximum absolute atomic E-state index is 11.9. The Morgan fingerprint density at radius 3 is 2.59 bits per heavy atom. The number of carbonyl (C=O) groups is 1. The molecule has 0 radical (unpaired) electrons. The number of sulfonamides is 1. The predicted octanol–water partition coefficient (Wildman–Crippen LogP) is 1.84. The zero-order valence-electron chi connectivity index (χ0n) is 15.2. The van der Waals surface area contributed by atoms with Crippen molar-refractivity contribution in [3.8, 4) is 5.75 Å². The summed E-state index contributed by atoms with van der Waals surface area (Å²) in [4.78, 5) is 33.0. The van der Waals surface area contributed by atoms with Gasteiger partial charge in [-0.15, -0.1) is 10.2 Å². The molecule has 1 heterocycles. The van der Waals surface area contributed by atoms with Crippen LogP contribution in [0.15, 0.2) is 39.4 Å². The average molecular weight is 444 g/mol. The number of phosphoric ester groups is 1. The second-order valence-electron chi connectivity index (χ2n) is 5.55. The van der Waals surface area contributed by atoms with Crippen LogP contribution in [0.3, 0.4) is 0 Å². The molecule has 0 amide bonds. The highest BCUT2D eigenvalue weighted by atomic mass is 32.2. The standard InChI is InChI=1S/C15H17N4O8PS/c1-9-14(21)12(7-20)13(8-27-28(22,23)24)15(17-9)19-18-10-4-3-5-11(6-10)29(25,26)16-2/h3-7,16,21H,8H2,1-2H3,(H2,22,23,24). The zero-order chi connectivity index (χ0) is 21.8. The predicted molar refractivity (Wildman–Crippen MR) is 99.7 cm³/mol. The summed E-state index contributed by atoms with van der Waals surface area (Å²) < 4.78 is 41.3. The van der Waals surface area contributed by atoms with Crippen LogP contribution in [-0.4, -0.2) is 41.6 Å². The minimum atomic E-state index is -4.89. The van der Waals surface area contributed by atoms with Gasteiger partial charge in [0.1, 0.15) is 5.75 Å². The second-order valence-corrected chi connectivity index (χ2v) is 8.67. The van der Waals surface area contributed by atoms with Gasteiger partial charge in [-0.25, -0.2) is 22.7 Å². The maximum Gasteiger partial charge on any atom is 0.469 e. The first kappa shape index (κ1) is 22.7. The number of nitrogens with one attached hydrogen (secondary N) is 1. The summed E-state index contributed by atoms with van der Waals surface area (Å²) in [5.74, 6) is -0.733. The SMILES string of the molecule is CNS(=O)(=O)c1cccc(N=Nc2nc(C)c(O)c(C=O)c2COP(=O)(O)O)c1. The van der Waals surface area contributed by atoms with Gasteiger partial charge in [-0.05, 0) is 32.2 Å². The van der Waals surface area contributed by atoms with Crippen LogP contribution in [0.2, 0.25) is 0 Å². The number of benzene rings is 1. The van der Waals surface area contributed by atoms with E-state index >= 15 is 0 Å². The van der Waals surface area contributed by atoms with Crippen molar-refractivity contribution < 1.29 is 37.2 Å². The Morgan fingerprint density at radius 2 is 2.00 bits per heavy atom. The van der Waals surface area contributed by atoms with Crippen LogP contribution < -0.4 is 4.72 Å². The van der Waals surface area contributed by atoms with Gasteiger partial charge in [0.05, 0.1) is 28.4 Å². The van der Waals surface area contributed by atoms with Gasteiger partial charge in [0.25, 0.3) is 0 Å². The molecule has 0 aliphatic rings. The van der Waals surface area contributed by atoms with Crippen molar-refractivity contribution in [3.63, 3.8) is 0 Å². The molecule has 1 aromatic carbocycles. The Hall–Kier alpha value is -2.54. The molecule has 0 spiro atoms. The second kappa shape index (κ2) is 8.86. The molecule has 12 nitrogen and oxygen atoms in total. The number of carbonyl (C=O) groups excluding carboxylic acids is 1. The molecule has 0 aliphatic heterocycles. The molecule has 0 atom stereocenters. The minimum absolute atomic E-state index is 0.0208. The van der Waals surface area contributed by atoms with Gasteiger partial charge < -0.3 is 14.9 Å². The van der Waals surface area contributed by atoms with Crippen molar-refractivity contribution in [1.82, 2.24) is 9.71 Å². The number of nitrogens with zero attached hydrogens (tertiary/aromatic N) is 3. The molecule has 2 aromatic rings. The van der Waals surface area contributed by atoms with Gasteiger partial charge >= 0.3 is 7.82 Å². The van der Waals surface area contributed by atoms with Crippen LogP contribution in [-0.2, 0) is 25.7 Å². The van der Waals surface area contributed by atoms with Gasteiger partial charge in [0, 0.05) is 5.56 Å². The Bertz CT molecular complexity index is 1110. The highest BCUT2D eigenvalue weighted by Crippen LogP contribution is 2.40. The molecule has 0 unspecified atom stereocenters. The molecule has 29 heavy (non-hydrogen) atoms. The van der Waals surface area contributed by atoms with Crippen LogP contribution in [0.1, 0.15) is 21.6 Å². The van der Waals surface area contributed by atoms with Gasteiger partial charge in [0.15, 0.2) is 12.1 Å². The van der Waals surface area contributed by atoms with E-state index in [4.69, 9.17) is 9.79 Å². The van der Waals surface area contributed by atoms with Crippen LogP contribution in [0.5, 0.6) is 5.75 Å². The third-order valence-corrected chi connectivity index (χ3v) is 5.50. The van der Waals surface area contributed by atoms with E-state index < -0.39 is 30.2 Å². The first-order valence-electron chi connectivity index (χ1n) is 7.81. The maximum atomic E-state index is 11.9. The van der Waals surface area contributed by atoms with E-state index in [0.717, 1.165) is 0 Å². The number of rotatable bonds is 8. The number of hydrogen-bond acceptors (Lipinski definition) is 9. The van der Waals surface area contributed by atoms with E-state index in [-0.39, 0.29) is 39.5 Å². The summed E-state index contributed by atoms with van der Waals surface area (Å²) in [7, 11) is -7.35. The summed E-state index contributed by atoms with van der Waals surface area (Å²) in [5, 5.41) is 17.7. The fourth-order valence-electron chi connectivity index (χ4n) is 2.17. The molecule has 0 saturated carbocycles. The summed E-state index contributed by atoms with van der Waals surface area (Å²) >= 11 is 0. The van der Waals surface area contributed by atoms with E-state index in [2.05, 4.69) is 24.5 Å². The Balaban J connectivity index is 2.52. The van der Waals surface area contributed by atoms with E-state index in [1.54, 1.807) is 0 Å². The minimum Gasteiger partial charge on any atom is -0.505 e. The first-order chi connectivity index (χ1) is 13.5. The Kier molecular flexibility index (Phi) is 6.95. The van der Waals surface area contributed by atoms with Gasteiger partial charge in [-0.3, -0.25) is 9.32 Å². The molecule has 0 fully saturated rings. The molecular weight excluding hydrogens is 427 g/mol. The third kappa shape index (κ3) is 5.73. The number of aryl methyl sites for hydroxylation is 1. The molecule has 0 saturated heterocycles. The number of pyridine rings is 1. The van der Waals surface area contributed by atoms with Crippen LogP contribution in [0, 0.1) is 6.92 Å². The average Bonchev–Trinajstić information content (AvgIpc) is 2.66. The van der Waals surface area contributed by atoms with Crippen molar-refractivity contribution in [2.24, 2.45) is 10.2 Å². The lowest BCUT2D eigenvalue weighted by atomic mass is 10.1. The number of aldehydes is 1. The lowest BCUT2D eigenvalue weighted by Crippen LogP contribution is -2.18. The molecule has 1 aromatic heterocycles. The van der Waals surface area contributed by atoms with Crippen molar-refractivity contribution >= 4 is 35.6 Å². The van der Waals surface area contributed by atoms with Gasteiger partial charge in [-0.1, -0.05) is 6.07 Å². The molecule has 14 heteroatoms. The zero-order valence-corrected chi connectivity index (χ0v) is 16.9. The van der Waals surface area contributed by atoms with E-state index in [9.17, 15) is 22.9 Å². The van der Waals surface area contributed by atoms with Gasteiger partial charge in [0.2, 0.25) is 10.0 Å². The molecule has 0 aliphatic carbocycles. The van der Waals surface area contributed by atoms with Crippen molar-refractivity contribution in [2.45, 2.75) is 18.4 Å². The number of azo groups is 1. The summed E-state index contributed by atoms with van der Waals surface area (Å²) in [5.41, 5.74) is -0.364. The fraction of sp³-hybridized carbons (Fsp3) is 0.200. The van der Waals surface area contributed by atoms with Crippen molar-refractivity contribution in [1.29, 1.82) is 0 Å². The quantitative estimate of drug-likeness (QED) is 0.267. The van der Waals surface area contributed by atoms with Crippen molar-refractivity contribution in [2.75, 3.05) is 7.05 Å². The lowest BCUT2D eigenvalue weighted by Gasteiger charge is -2.12. The third-order valence-electron chi connectivity index (χ3n) is 3.62. The topological polar surface area (TPSA) is 188 Å². The molecular formula is C15H17N4O8PS. The molecule has 4 N–H and O–H groups in total. The van der Waals surface area contributed by atoms with E-state index in [1.807, 2.05) is 0 Å².